The van der Waals surface area contributed by atoms with Crippen LogP contribution in [0.25, 0.3) is 0 Å². The van der Waals surface area contributed by atoms with Gasteiger partial charge in [-0.25, -0.2) is 4.98 Å². The van der Waals surface area contributed by atoms with Gasteiger partial charge in [-0.1, -0.05) is 0 Å². The molecule has 0 spiro atoms. The lowest BCUT2D eigenvalue weighted by Gasteiger charge is -2.23. The molecular formula is C12H21N3OS. The molecule has 4 nitrogen and oxygen atoms in total. The number of likely N-dealkylation sites (tertiary alicyclic amines) is 1. The second kappa shape index (κ2) is 7.06. The summed E-state index contributed by atoms with van der Waals surface area (Å²) in [6.45, 7) is 5.01. The zero-order valence-corrected chi connectivity index (χ0v) is 11.2. The highest BCUT2D eigenvalue weighted by Gasteiger charge is 2.24. The third kappa shape index (κ3) is 4.03. The van der Waals surface area contributed by atoms with Crippen LogP contribution in [0.1, 0.15) is 17.8 Å². The summed E-state index contributed by atoms with van der Waals surface area (Å²) in [6, 6.07) is 0.663. The Bertz CT molecular complexity index is 305. The van der Waals surface area contributed by atoms with Crippen LogP contribution in [-0.2, 0) is 11.3 Å². The first-order chi connectivity index (χ1) is 8.40. The van der Waals surface area contributed by atoms with Crippen LogP contribution in [-0.4, -0.2) is 49.3 Å². The Kier molecular flexibility index (Phi) is 5.38. The van der Waals surface area contributed by atoms with Crippen molar-refractivity contribution >= 4 is 11.3 Å². The van der Waals surface area contributed by atoms with Crippen LogP contribution in [0.5, 0.6) is 0 Å². The van der Waals surface area contributed by atoms with Gasteiger partial charge >= 0.3 is 0 Å². The van der Waals surface area contributed by atoms with Gasteiger partial charge in [-0.05, 0) is 19.4 Å². The molecule has 1 atom stereocenters. The molecule has 0 aliphatic carbocycles. The summed E-state index contributed by atoms with van der Waals surface area (Å²) in [6.07, 6.45) is 4.50. The van der Waals surface area contributed by atoms with Crippen molar-refractivity contribution < 1.29 is 4.74 Å². The van der Waals surface area contributed by atoms with Gasteiger partial charge in [0, 0.05) is 37.8 Å². The molecule has 1 fully saturated rings. The Morgan fingerprint density at radius 3 is 3.35 bits per heavy atom. The second-order valence-electron chi connectivity index (χ2n) is 4.39. The fourth-order valence-corrected chi connectivity index (χ4v) is 2.92. The molecule has 96 valence electrons. The number of aromatic nitrogens is 1. The van der Waals surface area contributed by atoms with E-state index < -0.39 is 0 Å². The normalized spacial score (nSPS) is 21.1. The first-order valence-corrected chi connectivity index (χ1v) is 7.10. The maximum Gasteiger partial charge on any atom is 0.107 e. The zero-order valence-electron chi connectivity index (χ0n) is 10.4. The van der Waals surface area contributed by atoms with Gasteiger partial charge in [-0.15, -0.1) is 11.3 Å². The standard InChI is InChI=1S/C12H21N3OS/c1-16-7-4-13-9-11-3-2-6-15(11)10-12-14-5-8-17-12/h5,8,11,13H,2-4,6-7,9-10H2,1H3. The summed E-state index contributed by atoms with van der Waals surface area (Å²) in [4.78, 5) is 6.90. The molecule has 1 saturated heterocycles. The number of nitrogens with zero attached hydrogens (tertiary/aromatic N) is 2. The Labute approximate surface area is 107 Å². The van der Waals surface area contributed by atoms with E-state index in [1.54, 1.807) is 18.4 Å². The largest absolute Gasteiger partial charge is 0.383 e. The molecule has 0 amide bonds. The average Bonchev–Trinajstić information content (AvgIpc) is 2.97. The molecule has 0 bridgehead atoms. The highest BCUT2D eigenvalue weighted by atomic mass is 32.1. The molecule has 0 saturated carbocycles. The molecule has 1 unspecified atom stereocenters. The lowest BCUT2D eigenvalue weighted by atomic mass is 10.2. The topological polar surface area (TPSA) is 37.4 Å². The van der Waals surface area contributed by atoms with Gasteiger partial charge in [0.15, 0.2) is 0 Å². The summed E-state index contributed by atoms with van der Waals surface area (Å²) in [7, 11) is 1.74. The molecule has 2 rings (SSSR count). The third-order valence-electron chi connectivity index (χ3n) is 3.18. The van der Waals surface area contributed by atoms with Gasteiger partial charge in [-0.3, -0.25) is 4.90 Å². The van der Waals surface area contributed by atoms with E-state index in [0.717, 1.165) is 26.2 Å². The lowest BCUT2D eigenvalue weighted by Crippen LogP contribution is -2.38. The fourth-order valence-electron chi connectivity index (χ4n) is 2.28. The molecule has 5 heteroatoms. The van der Waals surface area contributed by atoms with Crippen LogP contribution < -0.4 is 5.32 Å². The van der Waals surface area contributed by atoms with Crippen molar-refractivity contribution in [3.05, 3.63) is 16.6 Å². The summed E-state index contributed by atoms with van der Waals surface area (Å²) in [5, 5.41) is 6.74. The summed E-state index contributed by atoms with van der Waals surface area (Å²) in [5.74, 6) is 0. The van der Waals surface area contributed by atoms with Crippen LogP contribution in [0.15, 0.2) is 11.6 Å². The Hall–Kier alpha value is -0.490. The Morgan fingerprint density at radius 1 is 1.65 bits per heavy atom. The average molecular weight is 255 g/mol. The van der Waals surface area contributed by atoms with Crippen molar-refractivity contribution in [1.82, 2.24) is 15.2 Å². The molecule has 1 N–H and O–H groups in total. The van der Waals surface area contributed by atoms with Crippen LogP contribution in [0.3, 0.4) is 0 Å². The van der Waals surface area contributed by atoms with Gasteiger partial charge in [0.05, 0.1) is 13.2 Å². The third-order valence-corrected chi connectivity index (χ3v) is 3.95. The number of hydrogen-bond donors (Lipinski definition) is 1. The number of thiazole rings is 1. The van der Waals surface area contributed by atoms with Crippen molar-refractivity contribution in [3.63, 3.8) is 0 Å². The zero-order chi connectivity index (χ0) is 11.9. The minimum atomic E-state index is 0.663. The van der Waals surface area contributed by atoms with Gasteiger partial charge in [0.2, 0.25) is 0 Å². The first-order valence-electron chi connectivity index (χ1n) is 6.22. The summed E-state index contributed by atoms with van der Waals surface area (Å²) in [5.41, 5.74) is 0. The van der Waals surface area contributed by atoms with E-state index in [2.05, 4.69) is 20.6 Å². The summed E-state index contributed by atoms with van der Waals surface area (Å²) >= 11 is 1.75. The SMILES string of the molecule is COCCNCC1CCCN1Cc1nccs1. The minimum absolute atomic E-state index is 0.663. The Balaban J connectivity index is 1.73. The lowest BCUT2D eigenvalue weighted by molar-refractivity contribution is 0.191. The molecule has 0 aromatic carbocycles. The number of methoxy groups -OCH3 is 1. The quantitative estimate of drug-likeness (QED) is 0.746. The maximum atomic E-state index is 5.03. The van der Waals surface area contributed by atoms with E-state index in [1.165, 1.54) is 24.4 Å². The van der Waals surface area contributed by atoms with E-state index in [0.29, 0.717) is 6.04 Å². The molecule has 1 aliphatic heterocycles. The van der Waals surface area contributed by atoms with E-state index >= 15 is 0 Å². The molecule has 1 aromatic rings. The molecular weight excluding hydrogens is 234 g/mol. The molecule has 2 heterocycles. The predicted octanol–water partition coefficient (Wildman–Crippen LogP) is 1.34. The highest BCUT2D eigenvalue weighted by molar-refractivity contribution is 7.09. The van der Waals surface area contributed by atoms with E-state index in [-0.39, 0.29) is 0 Å². The van der Waals surface area contributed by atoms with Gasteiger partial charge < -0.3 is 10.1 Å². The van der Waals surface area contributed by atoms with Crippen molar-refractivity contribution in [2.45, 2.75) is 25.4 Å². The van der Waals surface area contributed by atoms with E-state index in [4.69, 9.17) is 4.74 Å². The van der Waals surface area contributed by atoms with Gasteiger partial charge in [0.25, 0.3) is 0 Å². The monoisotopic (exact) mass is 255 g/mol. The van der Waals surface area contributed by atoms with Gasteiger partial charge in [0.1, 0.15) is 5.01 Å². The predicted molar refractivity (Wildman–Crippen MR) is 70.3 cm³/mol. The smallest absolute Gasteiger partial charge is 0.107 e. The van der Waals surface area contributed by atoms with Crippen molar-refractivity contribution in [2.75, 3.05) is 33.4 Å². The Morgan fingerprint density at radius 2 is 2.59 bits per heavy atom. The van der Waals surface area contributed by atoms with E-state index in [9.17, 15) is 0 Å². The highest BCUT2D eigenvalue weighted by Crippen LogP contribution is 2.20. The van der Waals surface area contributed by atoms with Gasteiger partial charge in [-0.2, -0.15) is 0 Å². The molecule has 1 aliphatic rings. The number of ether oxygens (including phenoxy) is 1. The number of hydrogen-bond acceptors (Lipinski definition) is 5. The van der Waals surface area contributed by atoms with Crippen molar-refractivity contribution in [3.8, 4) is 0 Å². The van der Waals surface area contributed by atoms with Crippen molar-refractivity contribution in [2.24, 2.45) is 0 Å². The number of rotatable bonds is 7. The maximum absolute atomic E-state index is 5.03. The van der Waals surface area contributed by atoms with Crippen LogP contribution in [0, 0.1) is 0 Å². The van der Waals surface area contributed by atoms with Crippen LogP contribution in [0.4, 0.5) is 0 Å². The second-order valence-corrected chi connectivity index (χ2v) is 5.37. The van der Waals surface area contributed by atoms with Crippen molar-refractivity contribution in [1.29, 1.82) is 0 Å². The molecule has 17 heavy (non-hydrogen) atoms. The van der Waals surface area contributed by atoms with E-state index in [1.807, 2.05) is 6.20 Å². The summed E-state index contributed by atoms with van der Waals surface area (Å²) < 4.78 is 5.03. The molecule has 0 radical (unpaired) electrons. The van der Waals surface area contributed by atoms with Crippen LogP contribution in [0.2, 0.25) is 0 Å². The fraction of sp³-hybridized carbons (Fsp3) is 0.750. The first kappa shape index (κ1) is 13.0. The number of nitrogens with one attached hydrogen (secondary N) is 1. The van der Waals surface area contributed by atoms with Crippen LogP contribution >= 0.6 is 11.3 Å². The minimum Gasteiger partial charge on any atom is -0.383 e. The molecule has 1 aromatic heterocycles.